The van der Waals surface area contributed by atoms with Gasteiger partial charge in [-0.25, -0.2) is 0 Å². The maximum absolute atomic E-state index is 11.3. The van der Waals surface area contributed by atoms with Crippen LogP contribution < -0.4 is 0 Å². The lowest BCUT2D eigenvalue weighted by Crippen LogP contribution is -2.21. The van der Waals surface area contributed by atoms with E-state index >= 15 is 0 Å². The molecule has 23 heavy (non-hydrogen) atoms. The number of hydrogen-bond donors (Lipinski definition) is 2. The molecule has 1 heterocycles. The average molecular weight is 313 g/mol. The van der Waals surface area contributed by atoms with E-state index in [1.54, 1.807) is 0 Å². The summed E-state index contributed by atoms with van der Waals surface area (Å²) >= 11 is 0. The van der Waals surface area contributed by atoms with Crippen LogP contribution in [-0.4, -0.2) is 26.9 Å². The Morgan fingerprint density at radius 2 is 1.96 bits per heavy atom. The van der Waals surface area contributed by atoms with Crippen molar-refractivity contribution in [3.63, 3.8) is 0 Å². The van der Waals surface area contributed by atoms with Crippen molar-refractivity contribution in [2.75, 3.05) is 0 Å². The Morgan fingerprint density at radius 1 is 1.22 bits per heavy atom. The zero-order chi connectivity index (χ0) is 16.3. The molecule has 1 saturated carbocycles. The number of aromatic hydroxyl groups is 2. The van der Waals surface area contributed by atoms with Gasteiger partial charge in [-0.2, -0.15) is 0 Å². The number of rotatable bonds is 2. The lowest BCUT2D eigenvalue weighted by Gasteiger charge is -2.21. The van der Waals surface area contributed by atoms with Crippen LogP contribution in [0.2, 0.25) is 0 Å². The highest BCUT2D eigenvalue weighted by Crippen LogP contribution is 2.61. The Bertz CT molecular complexity index is 808. The first kappa shape index (κ1) is 14.2. The average Bonchev–Trinajstić information content (AvgIpc) is 3.10. The van der Waals surface area contributed by atoms with Gasteiger partial charge in [-0.3, -0.25) is 9.36 Å². The van der Waals surface area contributed by atoms with E-state index in [-0.39, 0.29) is 35.7 Å². The van der Waals surface area contributed by atoms with E-state index in [1.807, 2.05) is 31.2 Å². The monoisotopic (exact) mass is 313 g/mol. The summed E-state index contributed by atoms with van der Waals surface area (Å²) in [5, 5.41) is 21.4. The van der Waals surface area contributed by atoms with Crippen LogP contribution in [0, 0.1) is 6.92 Å². The second-order valence-corrected chi connectivity index (χ2v) is 6.57. The zero-order valence-electron chi connectivity index (χ0n) is 13.1. The van der Waals surface area contributed by atoms with Crippen molar-refractivity contribution in [2.45, 2.75) is 44.6 Å². The number of carbonyl (C=O) groups excluding carboxylic acids is 1. The van der Waals surface area contributed by atoms with Crippen LogP contribution in [0.5, 0.6) is 11.8 Å². The van der Waals surface area contributed by atoms with E-state index in [0.29, 0.717) is 6.42 Å². The molecule has 1 aromatic carbocycles. The Labute approximate surface area is 134 Å². The third-order valence-corrected chi connectivity index (χ3v) is 5.06. The molecule has 2 N–H and O–H groups in total. The summed E-state index contributed by atoms with van der Waals surface area (Å²) in [5.41, 5.74) is 3.35. The summed E-state index contributed by atoms with van der Waals surface area (Å²) < 4.78 is 6.88. The van der Waals surface area contributed by atoms with Gasteiger partial charge >= 0.3 is 5.97 Å². The van der Waals surface area contributed by atoms with Crippen molar-refractivity contribution in [1.82, 2.24) is 4.57 Å². The van der Waals surface area contributed by atoms with Crippen molar-refractivity contribution < 1.29 is 19.7 Å². The van der Waals surface area contributed by atoms with Gasteiger partial charge in [0.1, 0.15) is 6.10 Å². The SMILES string of the molecule is CC(=O)OC1CC2CC1c1c2c(O)n(-c2cccc(C)c2)c1O. The van der Waals surface area contributed by atoms with Gasteiger partial charge in [0.25, 0.3) is 0 Å². The normalized spacial score (nSPS) is 24.7. The fourth-order valence-corrected chi connectivity index (χ4v) is 4.24. The molecule has 3 atom stereocenters. The molecule has 2 aliphatic carbocycles. The fraction of sp³-hybridized carbons (Fsp3) is 0.389. The summed E-state index contributed by atoms with van der Waals surface area (Å²) in [6.07, 6.45) is 1.32. The van der Waals surface area contributed by atoms with Gasteiger partial charge in [-0.15, -0.1) is 0 Å². The number of fused-ring (bicyclic) bond motifs is 5. The Balaban J connectivity index is 1.82. The number of esters is 1. The summed E-state index contributed by atoms with van der Waals surface area (Å²) in [6.45, 7) is 3.37. The molecule has 2 aromatic rings. The fourth-order valence-electron chi connectivity index (χ4n) is 4.24. The van der Waals surface area contributed by atoms with Crippen LogP contribution in [0.15, 0.2) is 24.3 Å². The molecule has 1 aromatic heterocycles. The van der Waals surface area contributed by atoms with Gasteiger partial charge < -0.3 is 14.9 Å². The van der Waals surface area contributed by atoms with Gasteiger partial charge in [0.2, 0.25) is 11.8 Å². The zero-order valence-corrected chi connectivity index (χ0v) is 13.1. The number of aromatic nitrogens is 1. The van der Waals surface area contributed by atoms with Crippen molar-refractivity contribution in [3.05, 3.63) is 41.0 Å². The second kappa shape index (κ2) is 4.78. The maximum atomic E-state index is 11.3. The highest BCUT2D eigenvalue weighted by Gasteiger charge is 2.51. The quantitative estimate of drug-likeness (QED) is 0.836. The van der Waals surface area contributed by atoms with E-state index in [1.165, 1.54) is 11.5 Å². The van der Waals surface area contributed by atoms with Gasteiger partial charge in [0.05, 0.1) is 5.69 Å². The van der Waals surface area contributed by atoms with Crippen LogP contribution in [0.1, 0.15) is 48.3 Å². The van der Waals surface area contributed by atoms with Crippen LogP contribution in [-0.2, 0) is 9.53 Å². The standard InChI is InChI=1S/C18H19NO4/c1-9-4-3-5-12(6-9)19-17(21)15-11-7-13(16(15)18(19)22)14(8-11)23-10(2)20/h3-6,11,13-14,21-22H,7-8H2,1-2H3. The van der Waals surface area contributed by atoms with Crippen molar-refractivity contribution in [1.29, 1.82) is 0 Å². The number of aryl methyl sites for hydroxylation is 1. The molecule has 0 radical (unpaired) electrons. The largest absolute Gasteiger partial charge is 0.494 e. The summed E-state index contributed by atoms with van der Waals surface area (Å²) in [7, 11) is 0. The highest BCUT2D eigenvalue weighted by atomic mass is 16.5. The molecule has 5 heteroatoms. The minimum atomic E-state index is -0.300. The van der Waals surface area contributed by atoms with Gasteiger partial charge in [-0.05, 0) is 43.4 Å². The van der Waals surface area contributed by atoms with Crippen molar-refractivity contribution in [2.24, 2.45) is 0 Å². The third-order valence-electron chi connectivity index (χ3n) is 5.06. The molecular weight excluding hydrogens is 294 g/mol. The van der Waals surface area contributed by atoms with Crippen LogP contribution in [0.25, 0.3) is 5.69 Å². The maximum Gasteiger partial charge on any atom is 0.302 e. The smallest absolute Gasteiger partial charge is 0.302 e. The minimum Gasteiger partial charge on any atom is -0.494 e. The molecule has 0 saturated heterocycles. The Hall–Kier alpha value is -2.43. The van der Waals surface area contributed by atoms with Crippen molar-refractivity contribution >= 4 is 5.97 Å². The lowest BCUT2D eigenvalue weighted by atomic mass is 9.92. The van der Waals surface area contributed by atoms with E-state index in [4.69, 9.17) is 4.74 Å². The molecule has 2 aliphatic rings. The topological polar surface area (TPSA) is 71.7 Å². The first-order valence-corrected chi connectivity index (χ1v) is 7.88. The first-order valence-electron chi connectivity index (χ1n) is 7.88. The third kappa shape index (κ3) is 1.96. The van der Waals surface area contributed by atoms with Gasteiger partial charge in [-0.1, -0.05) is 12.1 Å². The number of nitrogens with zero attached hydrogens (tertiary/aromatic N) is 1. The molecule has 4 rings (SSSR count). The predicted octanol–water partition coefficient (Wildman–Crippen LogP) is 3.10. The van der Waals surface area contributed by atoms with E-state index < -0.39 is 0 Å². The molecule has 2 bridgehead atoms. The van der Waals surface area contributed by atoms with Gasteiger partial charge in [0, 0.05) is 24.0 Å². The molecule has 3 unspecified atom stereocenters. The molecule has 120 valence electrons. The predicted molar refractivity (Wildman–Crippen MR) is 84.1 cm³/mol. The number of benzene rings is 1. The van der Waals surface area contributed by atoms with Crippen LogP contribution in [0.3, 0.4) is 0 Å². The molecule has 5 nitrogen and oxygen atoms in total. The summed E-state index contributed by atoms with van der Waals surface area (Å²) in [5.74, 6) is -0.0255. The van der Waals surface area contributed by atoms with E-state index in [9.17, 15) is 15.0 Å². The molecular formula is C18H19NO4. The lowest BCUT2D eigenvalue weighted by molar-refractivity contribution is -0.146. The second-order valence-electron chi connectivity index (χ2n) is 6.57. The number of ether oxygens (including phenoxy) is 1. The number of carbonyl (C=O) groups is 1. The first-order chi connectivity index (χ1) is 11.0. The number of hydrogen-bond acceptors (Lipinski definition) is 4. The van der Waals surface area contributed by atoms with Crippen LogP contribution in [0.4, 0.5) is 0 Å². The van der Waals surface area contributed by atoms with Gasteiger partial charge in [0.15, 0.2) is 0 Å². The summed E-state index contributed by atoms with van der Waals surface area (Å²) in [4.78, 5) is 11.3. The molecule has 0 spiro atoms. The Morgan fingerprint density at radius 3 is 2.65 bits per heavy atom. The van der Waals surface area contributed by atoms with E-state index in [2.05, 4.69) is 0 Å². The summed E-state index contributed by atoms with van der Waals surface area (Å²) in [6, 6.07) is 7.63. The molecule has 1 fully saturated rings. The highest BCUT2D eigenvalue weighted by molar-refractivity contribution is 5.67. The van der Waals surface area contributed by atoms with Crippen molar-refractivity contribution in [3.8, 4) is 17.4 Å². The molecule has 0 aliphatic heterocycles. The van der Waals surface area contributed by atoms with E-state index in [0.717, 1.165) is 28.8 Å². The Kier molecular flexibility index (Phi) is 2.95. The molecule has 0 amide bonds. The van der Waals surface area contributed by atoms with Crippen LogP contribution >= 0.6 is 0 Å². The minimum absolute atomic E-state index is 0.0316.